The summed E-state index contributed by atoms with van der Waals surface area (Å²) in [6.07, 6.45) is 1.53. The van der Waals surface area contributed by atoms with Crippen molar-refractivity contribution in [2.75, 3.05) is 25.0 Å². The number of carbonyl (C=O) groups excluding carboxylic acids is 1. The summed E-state index contributed by atoms with van der Waals surface area (Å²) in [4.78, 5) is 13.8. The van der Waals surface area contributed by atoms with Crippen LogP contribution in [0.3, 0.4) is 0 Å². The lowest BCUT2D eigenvalue weighted by Crippen LogP contribution is -2.42. The number of piperidine rings is 1. The van der Waals surface area contributed by atoms with Gasteiger partial charge in [-0.2, -0.15) is 0 Å². The molecule has 0 bridgehead atoms. The van der Waals surface area contributed by atoms with Crippen molar-refractivity contribution in [2.45, 2.75) is 39.2 Å². The zero-order chi connectivity index (χ0) is 17.0. The fourth-order valence-electron chi connectivity index (χ4n) is 2.54. The molecule has 128 valence electrons. The Morgan fingerprint density at radius 2 is 2.04 bits per heavy atom. The van der Waals surface area contributed by atoms with Gasteiger partial charge in [0.2, 0.25) is 0 Å². The Kier molecular flexibility index (Phi) is 5.89. The van der Waals surface area contributed by atoms with E-state index in [1.807, 2.05) is 20.8 Å². The van der Waals surface area contributed by atoms with Gasteiger partial charge in [-0.3, -0.25) is 0 Å². The molecule has 23 heavy (non-hydrogen) atoms. The number of rotatable bonds is 3. The Hall–Kier alpha value is -1.30. The molecule has 0 spiro atoms. The molecule has 0 radical (unpaired) electrons. The van der Waals surface area contributed by atoms with Gasteiger partial charge in [0.05, 0.1) is 10.2 Å². The van der Waals surface area contributed by atoms with E-state index in [0.717, 1.165) is 12.8 Å². The summed E-state index contributed by atoms with van der Waals surface area (Å²) in [6, 6.07) is 5.22. The quantitative estimate of drug-likeness (QED) is 0.821. The van der Waals surface area contributed by atoms with Crippen LogP contribution in [0, 0.1) is 11.7 Å². The number of nitrogens with zero attached hydrogens (tertiary/aromatic N) is 1. The molecule has 0 unspecified atom stereocenters. The first-order valence-corrected chi connectivity index (χ1v) is 8.71. The Labute approximate surface area is 145 Å². The van der Waals surface area contributed by atoms with Crippen molar-refractivity contribution in [3.05, 3.63) is 28.5 Å². The number of amides is 1. The van der Waals surface area contributed by atoms with Gasteiger partial charge in [-0.05, 0) is 67.6 Å². The summed E-state index contributed by atoms with van der Waals surface area (Å²) in [5.41, 5.74) is 0.0437. The fraction of sp³-hybridized carbons (Fsp3) is 0.588. The molecule has 1 fully saturated rings. The minimum atomic E-state index is -0.465. The minimum absolute atomic E-state index is 0.248. The van der Waals surface area contributed by atoms with E-state index in [0.29, 0.717) is 35.7 Å². The highest BCUT2D eigenvalue weighted by Crippen LogP contribution is 2.24. The molecular weight excluding hydrogens is 363 g/mol. The number of benzene rings is 1. The first-order chi connectivity index (χ1) is 10.8. The van der Waals surface area contributed by atoms with E-state index in [1.165, 1.54) is 0 Å². The zero-order valence-electron chi connectivity index (χ0n) is 13.9. The van der Waals surface area contributed by atoms with Crippen LogP contribution in [-0.2, 0) is 4.74 Å². The number of carbonyl (C=O) groups is 1. The number of hydrogen-bond acceptors (Lipinski definition) is 3. The number of likely N-dealkylation sites (tertiary alicyclic amines) is 1. The number of ether oxygens (including phenoxy) is 1. The third kappa shape index (κ3) is 5.37. The lowest BCUT2D eigenvalue weighted by Gasteiger charge is -2.33. The topological polar surface area (TPSA) is 41.6 Å². The summed E-state index contributed by atoms with van der Waals surface area (Å²) >= 11 is 3.19. The van der Waals surface area contributed by atoms with Gasteiger partial charge in [-0.15, -0.1) is 0 Å². The van der Waals surface area contributed by atoms with E-state index in [-0.39, 0.29) is 11.9 Å². The number of hydrogen-bond donors (Lipinski definition) is 1. The van der Waals surface area contributed by atoms with Gasteiger partial charge >= 0.3 is 6.09 Å². The van der Waals surface area contributed by atoms with Crippen LogP contribution in [0.2, 0.25) is 0 Å². The van der Waals surface area contributed by atoms with E-state index >= 15 is 0 Å². The molecule has 1 saturated heterocycles. The van der Waals surface area contributed by atoms with Crippen molar-refractivity contribution in [1.29, 1.82) is 0 Å². The maximum absolute atomic E-state index is 13.9. The third-order valence-electron chi connectivity index (χ3n) is 3.80. The first-order valence-electron chi connectivity index (χ1n) is 7.92. The van der Waals surface area contributed by atoms with Gasteiger partial charge in [0, 0.05) is 19.6 Å². The normalized spacial score (nSPS) is 16.3. The van der Waals surface area contributed by atoms with Gasteiger partial charge < -0.3 is 15.0 Å². The molecule has 1 aliphatic heterocycles. The Morgan fingerprint density at radius 3 is 2.65 bits per heavy atom. The van der Waals surface area contributed by atoms with E-state index in [2.05, 4.69) is 21.2 Å². The largest absolute Gasteiger partial charge is 0.444 e. The molecule has 1 aliphatic rings. The predicted octanol–water partition coefficient (Wildman–Crippen LogP) is 4.65. The van der Waals surface area contributed by atoms with Crippen molar-refractivity contribution >= 4 is 27.7 Å². The Balaban J connectivity index is 1.79. The molecule has 2 rings (SSSR count). The maximum atomic E-state index is 13.9. The van der Waals surface area contributed by atoms with Crippen molar-refractivity contribution in [3.8, 4) is 0 Å². The molecule has 4 nitrogen and oxygen atoms in total. The van der Waals surface area contributed by atoms with Crippen LogP contribution in [0.4, 0.5) is 14.9 Å². The highest BCUT2D eigenvalue weighted by Gasteiger charge is 2.26. The second-order valence-corrected chi connectivity index (χ2v) is 7.75. The van der Waals surface area contributed by atoms with Gasteiger partial charge in [-0.1, -0.05) is 6.07 Å². The molecule has 6 heteroatoms. The average Bonchev–Trinajstić information content (AvgIpc) is 2.47. The summed E-state index contributed by atoms with van der Waals surface area (Å²) in [5, 5.41) is 3.17. The highest BCUT2D eigenvalue weighted by molar-refractivity contribution is 9.10. The molecule has 0 atom stereocenters. The van der Waals surface area contributed by atoms with Crippen LogP contribution in [0.5, 0.6) is 0 Å². The SMILES string of the molecule is CC(C)(C)OC(=O)N1CCC(CNc2cccc(Br)c2F)CC1. The van der Waals surface area contributed by atoms with Crippen molar-refractivity contribution < 1.29 is 13.9 Å². The average molecular weight is 387 g/mol. The second-order valence-electron chi connectivity index (χ2n) is 6.89. The van der Waals surface area contributed by atoms with Crippen LogP contribution in [0.25, 0.3) is 0 Å². The zero-order valence-corrected chi connectivity index (χ0v) is 15.5. The Bertz CT molecular complexity index is 552. The highest BCUT2D eigenvalue weighted by atomic mass is 79.9. The number of halogens is 2. The molecule has 1 N–H and O–H groups in total. The van der Waals surface area contributed by atoms with Gasteiger partial charge in [0.1, 0.15) is 5.60 Å². The third-order valence-corrected chi connectivity index (χ3v) is 4.41. The summed E-state index contributed by atoms with van der Waals surface area (Å²) in [6.45, 7) is 7.68. The first kappa shape index (κ1) is 18.0. The standard InChI is InChI=1S/C17H24BrFN2O2/c1-17(2,3)23-16(22)21-9-7-12(8-10-21)11-20-14-6-4-5-13(18)15(14)19/h4-6,12,20H,7-11H2,1-3H3. The predicted molar refractivity (Wildman–Crippen MR) is 93.1 cm³/mol. The van der Waals surface area contributed by atoms with E-state index < -0.39 is 5.60 Å². The molecular formula is C17H24BrFN2O2. The van der Waals surface area contributed by atoms with E-state index in [9.17, 15) is 9.18 Å². The minimum Gasteiger partial charge on any atom is -0.444 e. The molecule has 0 saturated carbocycles. The van der Waals surface area contributed by atoms with Gasteiger partial charge in [0.25, 0.3) is 0 Å². The van der Waals surface area contributed by atoms with Crippen LogP contribution in [0.1, 0.15) is 33.6 Å². The summed E-state index contributed by atoms with van der Waals surface area (Å²) in [7, 11) is 0. The maximum Gasteiger partial charge on any atom is 0.410 e. The van der Waals surface area contributed by atoms with E-state index in [1.54, 1.807) is 23.1 Å². The van der Waals surface area contributed by atoms with Crippen LogP contribution in [-0.4, -0.2) is 36.2 Å². The van der Waals surface area contributed by atoms with Crippen molar-refractivity contribution in [1.82, 2.24) is 4.90 Å². The molecule has 0 aromatic heterocycles. The van der Waals surface area contributed by atoms with Crippen molar-refractivity contribution in [2.24, 2.45) is 5.92 Å². The molecule has 1 aromatic rings. The smallest absolute Gasteiger partial charge is 0.410 e. The van der Waals surface area contributed by atoms with Crippen molar-refractivity contribution in [3.63, 3.8) is 0 Å². The summed E-state index contributed by atoms with van der Waals surface area (Å²) in [5.74, 6) is 0.158. The van der Waals surface area contributed by atoms with Crippen LogP contribution < -0.4 is 5.32 Å². The van der Waals surface area contributed by atoms with Crippen LogP contribution >= 0.6 is 15.9 Å². The number of nitrogens with one attached hydrogen (secondary N) is 1. The lowest BCUT2D eigenvalue weighted by atomic mass is 9.97. The Morgan fingerprint density at radius 1 is 1.39 bits per heavy atom. The van der Waals surface area contributed by atoms with Crippen LogP contribution in [0.15, 0.2) is 22.7 Å². The van der Waals surface area contributed by atoms with Gasteiger partial charge in [0.15, 0.2) is 5.82 Å². The van der Waals surface area contributed by atoms with E-state index in [4.69, 9.17) is 4.74 Å². The fourth-order valence-corrected chi connectivity index (χ4v) is 2.91. The molecule has 0 aliphatic carbocycles. The van der Waals surface area contributed by atoms with Gasteiger partial charge in [-0.25, -0.2) is 9.18 Å². The monoisotopic (exact) mass is 386 g/mol. The molecule has 1 heterocycles. The summed E-state index contributed by atoms with van der Waals surface area (Å²) < 4.78 is 19.8. The molecule has 1 amide bonds. The number of anilines is 1. The lowest BCUT2D eigenvalue weighted by molar-refractivity contribution is 0.0188. The second kappa shape index (κ2) is 7.51. The molecule has 1 aromatic carbocycles.